The molecule has 0 fully saturated rings. The molecule has 1 N–H and O–H groups in total. The van der Waals surface area contributed by atoms with E-state index in [1.807, 2.05) is 19.9 Å². The largest absolute Gasteiger partial charge is 0.322 e. The molecule has 1 aromatic rings. The maximum absolute atomic E-state index is 12.0. The molecule has 0 aromatic heterocycles. The van der Waals surface area contributed by atoms with Gasteiger partial charge >= 0.3 is 6.03 Å². The fraction of sp³-hybridized carbons (Fsp3) is 0.357. The number of Topliss-reactive ketones (excluding diaryl/α,β-unsaturated/α-hetero) is 1. The van der Waals surface area contributed by atoms with Gasteiger partial charge in [-0.05, 0) is 32.9 Å². The van der Waals surface area contributed by atoms with Crippen molar-refractivity contribution in [1.29, 1.82) is 5.26 Å². The Morgan fingerprint density at radius 2 is 2.11 bits per heavy atom. The molecule has 0 radical (unpaired) electrons. The number of hydrogen-bond acceptors (Lipinski definition) is 3. The second kappa shape index (κ2) is 6.55. The zero-order chi connectivity index (χ0) is 14.4. The number of rotatable bonds is 4. The van der Waals surface area contributed by atoms with Gasteiger partial charge in [0.1, 0.15) is 6.54 Å². The molecule has 2 amide bonds. The summed E-state index contributed by atoms with van der Waals surface area (Å²) in [5, 5.41) is 11.4. The minimum atomic E-state index is -0.350. The summed E-state index contributed by atoms with van der Waals surface area (Å²) in [4.78, 5) is 24.7. The number of hydrogen-bond donors (Lipinski definition) is 1. The average molecular weight is 259 g/mol. The summed E-state index contributed by atoms with van der Waals surface area (Å²) >= 11 is 0. The first kappa shape index (κ1) is 14.7. The summed E-state index contributed by atoms with van der Waals surface area (Å²) < 4.78 is 0. The molecule has 0 bridgehead atoms. The van der Waals surface area contributed by atoms with Gasteiger partial charge in [0.15, 0.2) is 5.78 Å². The number of ketones is 1. The van der Waals surface area contributed by atoms with E-state index in [0.29, 0.717) is 11.3 Å². The zero-order valence-electron chi connectivity index (χ0n) is 11.3. The van der Waals surface area contributed by atoms with Gasteiger partial charge < -0.3 is 10.2 Å². The highest BCUT2D eigenvalue weighted by molar-refractivity contribution is 5.96. The summed E-state index contributed by atoms with van der Waals surface area (Å²) in [6.45, 7) is 5.17. The molecular weight excluding hydrogens is 242 g/mol. The molecule has 5 heteroatoms. The minimum Gasteiger partial charge on any atom is -0.309 e. The molecular formula is C14H17N3O2. The van der Waals surface area contributed by atoms with E-state index in [2.05, 4.69) is 5.32 Å². The Hall–Kier alpha value is -2.35. The number of amides is 2. The molecule has 5 nitrogen and oxygen atoms in total. The molecule has 100 valence electrons. The van der Waals surface area contributed by atoms with Crippen LogP contribution in [0, 0.1) is 11.3 Å². The number of nitriles is 1. The highest BCUT2D eigenvalue weighted by Crippen LogP contribution is 2.12. The van der Waals surface area contributed by atoms with Gasteiger partial charge in [-0.2, -0.15) is 5.26 Å². The lowest BCUT2D eigenvalue weighted by Gasteiger charge is -2.24. The molecule has 0 aliphatic carbocycles. The van der Waals surface area contributed by atoms with Crippen LogP contribution in [0.3, 0.4) is 0 Å². The van der Waals surface area contributed by atoms with Gasteiger partial charge in [0, 0.05) is 17.3 Å². The summed E-state index contributed by atoms with van der Waals surface area (Å²) in [7, 11) is 0. The first-order chi connectivity index (χ1) is 8.95. The minimum absolute atomic E-state index is 0.0237. The molecule has 1 rings (SSSR count). The normalized spacial score (nSPS) is 9.84. The second-order valence-electron chi connectivity index (χ2n) is 4.45. The highest BCUT2D eigenvalue weighted by Gasteiger charge is 2.16. The lowest BCUT2D eigenvalue weighted by atomic mass is 10.1. The van der Waals surface area contributed by atoms with Crippen molar-refractivity contribution in [1.82, 2.24) is 4.90 Å². The number of carbonyl (C=O) groups is 2. The van der Waals surface area contributed by atoms with Crippen molar-refractivity contribution < 1.29 is 9.59 Å². The van der Waals surface area contributed by atoms with E-state index in [4.69, 9.17) is 5.26 Å². The van der Waals surface area contributed by atoms with Crippen LogP contribution < -0.4 is 5.32 Å². The number of urea groups is 1. The lowest BCUT2D eigenvalue weighted by Crippen LogP contribution is -2.40. The molecule has 1 aromatic carbocycles. The molecule has 0 saturated carbocycles. The third-order valence-electron chi connectivity index (χ3n) is 2.65. The molecule has 19 heavy (non-hydrogen) atoms. The number of nitrogens with one attached hydrogen (secondary N) is 1. The number of anilines is 1. The maximum atomic E-state index is 12.0. The smallest absolute Gasteiger partial charge is 0.309 e. The Labute approximate surface area is 112 Å². The first-order valence-electron chi connectivity index (χ1n) is 6.01. The number of carbonyl (C=O) groups excluding carboxylic acids is 2. The average Bonchev–Trinajstić information content (AvgIpc) is 2.35. The summed E-state index contributed by atoms with van der Waals surface area (Å²) in [5.41, 5.74) is 1.08. The summed E-state index contributed by atoms with van der Waals surface area (Å²) in [6, 6.07) is 8.25. The molecule has 0 atom stereocenters. The summed E-state index contributed by atoms with van der Waals surface area (Å²) in [5.74, 6) is -0.0613. The molecule has 0 unspecified atom stereocenters. The summed E-state index contributed by atoms with van der Waals surface area (Å²) in [6.07, 6.45) is 0. The van der Waals surface area contributed by atoms with Crippen LogP contribution in [0.15, 0.2) is 24.3 Å². The Balaban J connectivity index is 2.84. The molecule has 0 aliphatic heterocycles. The van der Waals surface area contributed by atoms with E-state index in [0.717, 1.165) is 0 Å². The van der Waals surface area contributed by atoms with E-state index in [1.165, 1.54) is 11.8 Å². The van der Waals surface area contributed by atoms with Crippen molar-refractivity contribution in [2.24, 2.45) is 0 Å². The van der Waals surface area contributed by atoms with E-state index in [9.17, 15) is 9.59 Å². The van der Waals surface area contributed by atoms with Crippen LogP contribution in [-0.2, 0) is 0 Å². The number of nitrogens with zero attached hydrogens (tertiary/aromatic N) is 2. The van der Waals surface area contributed by atoms with Crippen LogP contribution in [0.1, 0.15) is 31.1 Å². The Bertz CT molecular complexity index is 518. The van der Waals surface area contributed by atoms with Gasteiger partial charge in [-0.15, -0.1) is 0 Å². The Morgan fingerprint density at radius 1 is 1.42 bits per heavy atom. The van der Waals surface area contributed by atoms with Crippen molar-refractivity contribution in [2.75, 3.05) is 11.9 Å². The van der Waals surface area contributed by atoms with Crippen LogP contribution in [0.5, 0.6) is 0 Å². The van der Waals surface area contributed by atoms with E-state index in [-0.39, 0.29) is 24.4 Å². The predicted molar refractivity (Wildman–Crippen MR) is 72.9 cm³/mol. The monoisotopic (exact) mass is 259 g/mol. The van der Waals surface area contributed by atoms with E-state index >= 15 is 0 Å². The third kappa shape index (κ3) is 4.11. The standard InChI is InChI=1S/C14H17N3O2/c1-10(2)17(8-7-15)14(19)16-13-6-4-5-12(9-13)11(3)18/h4-6,9-10H,8H2,1-3H3,(H,16,19). The van der Waals surface area contributed by atoms with Gasteiger partial charge in [-0.25, -0.2) is 4.79 Å². The van der Waals surface area contributed by atoms with Gasteiger partial charge in [0.2, 0.25) is 0 Å². The lowest BCUT2D eigenvalue weighted by molar-refractivity contribution is 0.101. The SMILES string of the molecule is CC(=O)c1cccc(NC(=O)N(CC#N)C(C)C)c1. The topological polar surface area (TPSA) is 73.2 Å². The van der Waals surface area contributed by atoms with Crippen molar-refractivity contribution in [3.8, 4) is 6.07 Å². The van der Waals surface area contributed by atoms with E-state index < -0.39 is 0 Å². The second-order valence-corrected chi connectivity index (χ2v) is 4.45. The van der Waals surface area contributed by atoms with Crippen LogP contribution in [-0.4, -0.2) is 29.3 Å². The van der Waals surface area contributed by atoms with Gasteiger partial charge in [-0.3, -0.25) is 4.79 Å². The van der Waals surface area contributed by atoms with Crippen LogP contribution in [0.2, 0.25) is 0 Å². The first-order valence-corrected chi connectivity index (χ1v) is 6.01. The van der Waals surface area contributed by atoms with Gasteiger partial charge in [-0.1, -0.05) is 12.1 Å². The zero-order valence-corrected chi connectivity index (χ0v) is 11.3. The number of benzene rings is 1. The third-order valence-corrected chi connectivity index (χ3v) is 2.65. The van der Waals surface area contributed by atoms with Crippen LogP contribution in [0.25, 0.3) is 0 Å². The van der Waals surface area contributed by atoms with Crippen molar-refractivity contribution in [2.45, 2.75) is 26.8 Å². The quantitative estimate of drug-likeness (QED) is 0.667. The van der Waals surface area contributed by atoms with Crippen LogP contribution in [0.4, 0.5) is 10.5 Å². The molecule has 0 spiro atoms. The van der Waals surface area contributed by atoms with Gasteiger partial charge in [0.05, 0.1) is 6.07 Å². The Morgan fingerprint density at radius 3 is 2.63 bits per heavy atom. The van der Waals surface area contributed by atoms with Crippen LogP contribution >= 0.6 is 0 Å². The fourth-order valence-corrected chi connectivity index (χ4v) is 1.58. The van der Waals surface area contributed by atoms with Gasteiger partial charge in [0.25, 0.3) is 0 Å². The van der Waals surface area contributed by atoms with Crippen molar-refractivity contribution in [3.05, 3.63) is 29.8 Å². The van der Waals surface area contributed by atoms with E-state index in [1.54, 1.807) is 24.3 Å². The highest BCUT2D eigenvalue weighted by atomic mass is 16.2. The maximum Gasteiger partial charge on any atom is 0.322 e. The molecule has 0 saturated heterocycles. The fourth-order valence-electron chi connectivity index (χ4n) is 1.58. The molecule has 0 heterocycles. The van der Waals surface area contributed by atoms with Crippen molar-refractivity contribution >= 4 is 17.5 Å². The Kier molecular flexibility index (Phi) is 5.07. The predicted octanol–water partition coefficient (Wildman–Crippen LogP) is 2.66. The molecule has 0 aliphatic rings. The van der Waals surface area contributed by atoms with Crippen molar-refractivity contribution in [3.63, 3.8) is 0 Å².